The molecule has 5 nitrogen and oxygen atoms in total. The van der Waals surface area contributed by atoms with Crippen LogP contribution in [0.4, 0.5) is 0 Å². The molecule has 2 aliphatic rings. The number of aryl methyl sites for hydroxylation is 1. The van der Waals surface area contributed by atoms with Crippen molar-refractivity contribution < 1.29 is 9.32 Å². The maximum absolute atomic E-state index is 11.7. The Kier molecular flexibility index (Phi) is 1.82. The van der Waals surface area contributed by atoms with Crippen molar-refractivity contribution in [1.82, 2.24) is 15.8 Å². The quantitative estimate of drug-likeness (QED) is 0.712. The minimum absolute atomic E-state index is 0.119. The third-order valence-corrected chi connectivity index (χ3v) is 3.25. The molecule has 2 atom stereocenters. The van der Waals surface area contributed by atoms with Crippen LogP contribution in [-0.4, -0.2) is 30.2 Å². The van der Waals surface area contributed by atoms with Crippen LogP contribution in [0.1, 0.15) is 16.2 Å². The van der Waals surface area contributed by atoms with E-state index in [0.717, 1.165) is 13.1 Å². The number of hydrogen-bond donors (Lipinski definition) is 2. The van der Waals surface area contributed by atoms with E-state index in [-0.39, 0.29) is 5.91 Å². The summed E-state index contributed by atoms with van der Waals surface area (Å²) in [6.07, 6.45) is 0. The van der Waals surface area contributed by atoms with Gasteiger partial charge in [-0.25, -0.2) is 0 Å². The van der Waals surface area contributed by atoms with Gasteiger partial charge in [-0.15, -0.1) is 0 Å². The second-order valence-corrected chi connectivity index (χ2v) is 4.31. The Hall–Kier alpha value is -1.36. The lowest BCUT2D eigenvalue weighted by Gasteiger charge is -2.05. The van der Waals surface area contributed by atoms with Gasteiger partial charge in [-0.2, -0.15) is 0 Å². The van der Waals surface area contributed by atoms with Gasteiger partial charge in [0, 0.05) is 25.2 Å². The zero-order valence-electron chi connectivity index (χ0n) is 8.49. The molecule has 0 radical (unpaired) electrons. The van der Waals surface area contributed by atoms with Crippen molar-refractivity contribution in [2.75, 3.05) is 13.1 Å². The monoisotopic (exact) mass is 207 g/mol. The van der Waals surface area contributed by atoms with Gasteiger partial charge in [0.1, 0.15) is 5.76 Å². The molecular formula is C10H13N3O2. The number of rotatable bonds is 2. The Morgan fingerprint density at radius 2 is 2.33 bits per heavy atom. The second kappa shape index (κ2) is 3.06. The summed E-state index contributed by atoms with van der Waals surface area (Å²) in [7, 11) is 0. The molecule has 1 amide bonds. The highest BCUT2D eigenvalue weighted by atomic mass is 16.5. The molecule has 0 bridgehead atoms. The van der Waals surface area contributed by atoms with Gasteiger partial charge in [-0.05, 0) is 18.8 Å². The van der Waals surface area contributed by atoms with Crippen LogP contribution in [-0.2, 0) is 0 Å². The van der Waals surface area contributed by atoms with Gasteiger partial charge in [0.2, 0.25) is 0 Å². The molecule has 1 aromatic heterocycles. The lowest BCUT2D eigenvalue weighted by Crippen LogP contribution is -2.32. The molecule has 5 heteroatoms. The smallest absolute Gasteiger partial charge is 0.273 e. The fraction of sp³-hybridized carbons (Fsp3) is 0.600. The van der Waals surface area contributed by atoms with E-state index in [9.17, 15) is 4.79 Å². The topological polar surface area (TPSA) is 67.2 Å². The summed E-state index contributed by atoms with van der Waals surface area (Å²) in [6, 6.07) is 2.00. The molecule has 3 rings (SSSR count). The zero-order valence-corrected chi connectivity index (χ0v) is 8.49. The number of nitrogens with one attached hydrogen (secondary N) is 2. The molecule has 1 aliphatic carbocycles. The van der Waals surface area contributed by atoms with Gasteiger partial charge >= 0.3 is 0 Å². The minimum atomic E-state index is -0.119. The Balaban J connectivity index is 1.62. The molecule has 2 fully saturated rings. The van der Waals surface area contributed by atoms with Gasteiger partial charge in [0.25, 0.3) is 5.91 Å². The third-order valence-electron chi connectivity index (χ3n) is 3.25. The first kappa shape index (κ1) is 8.91. The van der Waals surface area contributed by atoms with Crippen molar-refractivity contribution in [3.05, 3.63) is 17.5 Å². The number of fused-ring (bicyclic) bond motifs is 1. The predicted octanol–water partition coefficient (Wildman–Crippen LogP) is -0.0694. The van der Waals surface area contributed by atoms with Crippen LogP contribution in [0.5, 0.6) is 0 Å². The van der Waals surface area contributed by atoms with E-state index in [0.29, 0.717) is 29.3 Å². The third kappa shape index (κ3) is 1.43. The number of carbonyl (C=O) groups is 1. The van der Waals surface area contributed by atoms with Crippen molar-refractivity contribution in [3.63, 3.8) is 0 Å². The lowest BCUT2D eigenvalue weighted by molar-refractivity contribution is 0.0937. The molecule has 2 unspecified atom stereocenters. The minimum Gasteiger partial charge on any atom is -0.361 e. The fourth-order valence-corrected chi connectivity index (χ4v) is 2.33. The Morgan fingerprint density at radius 1 is 1.60 bits per heavy atom. The number of amides is 1. The SMILES string of the molecule is Cc1cc(C(=O)NC2C3CNCC32)no1. The number of nitrogens with zero attached hydrogens (tertiary/aromatic N) is 1. The van der Waals surface area contributed by atoms with Crippen molar-refractivity contribution >= 4 is 5.91 Å². The highest BCUT2D eigenvalue weighted by Crippen LogP contribution is 2.41. The van der Waals surface area contributed by atoms with Gasteiger partial charge in [-0.3, -0.25) is 4.79 Å². The predicted molar refractivity (Wildman–Crippen MR) is 52.3 cm³/mol. The lowest BCUT2D eigenvalue weighted by atomic mass is 10.3. The summed E-state index contributed by atoms with van der Waals surface area (Å²) in [5.41, 5.74) is 0.380. The Morgan fingerprint density at radius 3 is 2.93 bits per heavy atom. The van der Waals surface area contributed by atoms with Crippen molar-refractivity contribution in [2.45, 2.75) is 13.0 Å². The molecule has 2 heterocycles. The number of aromatic nitrogens is 1. The molecule has 1 aliphatic heterocycles. The van der Waals surface area contributed by atoms with E-state index in [2.05, 4.69) is 15.8 Å². The molecule has 2 N–H and O–H groups in total. The number of carbonyl (C=O) groups excluding carboxylic acids is 1. The van der Waals surface area contributed by atoms with E-state index < -0.39 is 0 Å². The molecule has 0 spiro atoms. The molecule has 80 valence electrons. The average Bonchev–Trinajstić information content (AvgIpc) is 2.66. The summed E-state index contributed by atoms with van der Waals surface area (Å²) >= 11 is 0. The van der Waals surface area contributed by atoms with Crippen LogP contribution < -0.4 is 10.6 Å². The van der Waals surface area contributed by atoms with E-state index >= 15 is 0 Å². The summed E-state index contributed by atoms with van der Waals surface area (Å²) in [5.74, 6) is 1.80. The van der Waals surface area contributed by atoms with Crippen LogP contribution in [0.25, 0.3) is 0 Å². The van der Waals surface area contributed by atoms with Gasteiger partial charge in [-0.1, -0.05) is 5.16 Å². The largest absolute Gasteiger partial charge is 0.361 e. The van der Waals surface area contributed by atoms with Crippen LogP contribution in [0.15, 0.2) is 10.6 Å². The molecule has 0 aromatic carbocycles. The molecular weight excluding hydrogens is 194 g/mol. The summed E-state index contributed by atoms with van der Waals surface area (Å²) in [4.78, 5) is 11.7. The van der Waals surface area contributed by atoms with Crippen molar-refractivity contribution in [2.24, 2.45) is 11.8 Å². The first-order valence-electron chi connectivity index (χ1n) is 5.20. The molecule has 15 heavy (non-hydrogen) atoms. The van der Waals surface area contributed by atoms with E-state index in [1.165, 1.54) is 0 Å². The highest BCUT2D eigenvalue weighted by Gasteiger charge is 2.53. The second-order valence-electron chi connectivity index (χ2n) is 4.31. The maximum atomic E-state index is 11.7. The molecule has 1 saturated heterocycles. The normalized spacial score (nSPS) is 32.5. The fourth-order valence-electron chi connectivity index (χ4n) is 2.33. The summed E-state index contributed by atoms with van der Waals surface area (Å²) in [5, 5.41) is 9.96. The van der Waals surface area contributed by atoms with Crippen LogP contribution in [0.2, 0.25) is 0 Å². The van der Waals surface area contributed by atoms with Crippen molar-refractivity contribution in [3.8, 4) is 0 Å². The van der Waals surface area contributed by atoms with Gasteiger partial charge in [0.05, 0.1) is 0 Å². The Labute approximate surface area is 87.2 Å². The first-order valence-corrected chi connectivity index (χ1v) is 5.20. The average molecular weight is 207 g/mol. The summed E-state index contributed by atoms with van der Waals surface area (Å²) in [6.45, 7) is 3.82. The van der Waals surface area contributed by atoms with E-state index in [4.69, 9.17) is 4.52 Å². The van der Waals surface area contributed by atoms with Crippen LogP contribution >= 0.6 is 0 Å². The molecule has 1 aromatic rings. The standard InChI is InChI=1S/C10H13N3O2/c1-5-2-8(13-15-5)10(14)12-9-6-3-11-4-7(6)9/h2,6-7,9,11H,3-4H2,1H3,(H,12,14). The van der Waals surface area contributed by atoms with E-state index in [1.54, 1.807) is 13.0 Å². The van der Waals surface area contributed by atoms with Gasteiger partial charge in [0.15, 0.2) is 5.69 Å². The first-order chi connectivity index (χ1) is 7.25. The van der Waals surface area contributed by atoms with Crippen LogP contribution in [0, 0.1) is 18.8 Å². The van der Waals surface area contributed by atoms with Crippen molar-refractivity contribution in [1.29, 1.82) is 0 Å². The maximum Gasteiger partial charge on any atom is 0.273 e. The molecule has 1 saturated carbocycles. The zero-order chi connectivity index (χ0) is 10.4. The Bertz CT molecular complexity index is 391. The van der Waals surface area contributed by atoms with Gasteiger partial charge < -0.3 is 15.2 Å². The number of piperidine rings is 1. The highest BCUT2D eigenvalue weighted by molar-refractivity contribution is 5.92. The van der Waals surface area contributed by atoms with E-state index in [1.807, 2.05) is 0 Å². The number of hydrogen-bond acceptors (Lipinski definition) is 4. The van der Waals surface area contributed by atoms with Crippen LogP contribution in [0.3, 0.4) is 0 Å². The summed E-state index contributed by atoms with van der Waals surface area (Å²) < 4.78 is 4.86.